The first-order chi connectivity index (χ1) is 7.70. The highest BCUT2D eigenvalue weighted by Gasteiger charge is 2.23. The first kappa shape index (κ1) is 11.9. The molecule has 88 valence electrons. The third kappa shape index (κ3) is 2.56. The Morgan fingerprint density at radius 3 is 3.06 bits per heavy atom. The number of rotatable bonds is 3. The summed E-state index contributed by atoms with van der Waals surface area (Å²) in [6.45, 7) is 4.94. The van der Waals surface area contributed by atoms with Crippen molar-refractivity contribution in [3.63, 3.8) is 0 Å². The molecule has 2 N–H and O–H groups in total. The average Bonchev–Trinajstić information content (AvgIpc) is 2.67. The summed E-state index contributed by atoms with van der Waals surface area (Å²) >= 11 is 3.49. The van der Waals surface area contributed by atoms with Crippen LogP contribution in [0.5, 0.6) is 0 Å². The van der Waals surface area contributed by atoms with Crippen LogP contribution in [0.1, 0.15) is 12.0 Å². The van der Waals surface area contributed by atoms with Crippen molar-refractivity contribution in [1.29, 1.82) is 0 Å². The first-order valence-electron chi connectivity index (χ1n) is 5.53. The quantitative estimate of drug-likeness (QED) is 0.867. The molecule has 1 saturated heterocycles. The molecule has 1 atom stereocenters. The fourth-order valence-electron chi connectivity index (χ4n) is 2.30. The molecule has 0 spiro atoms. The highest BCUT2D eigenvalue weighted by Crippen LogP contribution is 2.28. The minimum atomic E-state index is 0.563. The van der Waals surface area contributed by atoms with Crippen LogP contribution in [0.2, 0.25) is 0 Å². The van der Waals surface area contributed by atoms with Crippen molar-refractivity contribution in [2.45, 2.75) is 13.3 Å². The highest BCUT2D eigenvalue weighted by atomic mass is 79.9. The maximum atomic E-state index is 5.12. The lowest BCUT2D eigenvalue weighted by Gasteiger charge is -2.21. The lowest BCUT2D eigenvalue weighted by molar-refractivity contribution is 0.108. The van der Waals surface area contributed by atoms with Crippen LogP contribution in [-0.2, 0) is 4.84 Å². The van der Waals surface area contributed by atoms with Crippen LogP contribution in [0.25, 0.3) is 0 Å². The van der Waals surface area contributed by atoms with Gasteiger partial charge in [0.25, 0.3) is 0 Å². The van der Waals surface area contributed by atoms with Crippen LogP contribution in [0.3, 0.4) is 0 Å². The van der Waals surface area contributed by atoms with Gasteiger partial charge >= 0.3 is 0 Å². The molecule has 3 nitrogen and oxygen atoms in total. The maximum Gasteiger partial charge on any atom is 0.0724 e. The van der Waals surface area contributed by atoms with E-state index in [9.17, 15) is 0 Å². The van der Waals surface area contributed by atoms with Gasteiger partial charge in [0.2, 0.25) is 0 Å². The maximum absolute atomic E-state index is 5.12. The van der Waals surface area contributed by atoms with Gasteiger partial charge in [0.05, 0.1) is 6.61 Å². The van der Waals surface area contributed by atoms with Gasteiger partial charge in [-0.25, -0.2) is 5.90 Å². The van der Waals surface area contributed by atoms with E-state index in [1.165, 1.54) is 11.3 Å². The Morgan fingerprint density at radius 1 is 1.56 bits per heavy atom. The van der Waals surface area contributed by atoms with Crippen molar-refractivity contribution in [1.82, 2.24) is 0 Å². The molecule has 1 aromatic carbocycles. The van der Waals surface area contributed by atoms with Crippen LogP contribution in [0, 0.1) is 12.8 Å². The van der Waals surface area contributed by atoms with Gasteiger partial charge in [-0.15, -0.1) is 0 Å². The molecule has 0 amide bonds. The van der Waals surface area contributed by atoms with E-state index in [-0.39, 0.29) is 0 Å². The third-order valence-electron chi connectivity index (χ3n) is 3.12. The second-order valence-electron chi connectivity index (χ2n) is 4.36. The summed E-state index contributed by atoms with van der Waals surface area (Å²) < 4.78 is 1.13. The summed E-state index contributed by atoms with van der Waals surface area (Å²) in [7, 11) is 0. The van der Waals surface area contributed by atoms with Crippen LogP contribution >= 0.6 is 15.9 Å². The zero-order valence-electron chi connectivity index (χ0n) is 9.45. The average molecular weight is 285 g/mol. The van der Waals surface area contributed by atoms with Crippen LogP contribution in [0.4, 0.5) is 5.69 Å². The number of hydrogen-bond acceptors (Lipinski definition) is 3. The summed E-state index contributed by atoms with van der Waals surface area (Å²) in [5.41, 5.74) is 2.63. The molecule has 1 fully saturated rings. The third-order valence-corrected chi connectivity index (χ3v) is 3.61. The number of benzene rings is 1. The molecule has 1 aliphatic heterocycles. The van der Waals surface area contributed by atoms with E-state index in [2.05, 4.69) is 46.0 Å². The highest BCUT2D eigenvalue weighted by molar-refractivity contribution is 9.10. The predicted octanol–water partition coefficient (Wildman–Crippen LogP) is 2.47. The summed E-state index contributed by atoms with van der Waals surface area (Å²) in [4.78, 5) is 7.13. The molecule has 0 aliphatic carbocycles. The molecule has 0 bridgehead atoms. The van der Waals surface area contributed by atoms with Crippen molar-refractivity contribution < 1.29 is 4.84 Å². The lowest BCUT2D eigenvalue weighted by atomic mass is 10.1. The molecule has 2 rings (SSSR count). The molecule has 16 heavy (non-hydrogen) atoms. The molecule has 0 saturated carbocycles. The Kier molecular flexibility index (Phi) is 3.84. The van der Waals surface area contributed by atoms with Gasteiger partial charge < -0.3 is 9.74 Å². The van der Waals surface area contributed by atoms with E-state index >= 15 is 0 Å². The zero-order valence-corrected chi connectivity index (χ0v) is 11.0. The molecule has 1 unspecified atom stereocenters. The summed E-state index contributed by atoms with van der Waals surface area (Å²) in [5, 5.41) is 0. The van der Waals surface area contributed by atoms with E-state index in [1.54, 1.807) is 0 Å². The number of aryl methyl sites for hydroxylation is 1. The van der Waals surface area contributed by atoms with Crippen molar-refractivity contribution >= 4 is 21.6 Å². The van der Waals surface area contributed by atoms with Gasteiger partial charge in [-0.3, -0.25) is 0 Å². The molecule has 4 heteroatoms. The molecule has 0 aromatic heterocycles. The number of halogens is 1. The Hall–Kier alpha value is -0.580. The predicted molar refractivity (Wildman–Crippen MR) is 69.3 cm³/mol. The van der Waals surface area contributed by atoms with Crippen molar-refractivity contribution in [3.8, 4) is 0 Å². The van der Waals surface area contributed by atoms with Gasteiger partial charge in [-0.2, -0.15) is 0 Å². The molecular weight excluding hydrogens is 268 g/mol. The smallest absolute Gasteiger partial charge is 0.0724 e. The Bertz CT molecular complexity index is 370. The largest absolute Gasteiger partial charge is 0.371 e. The van der Waals surface area contributed by atoms with E-state index in [0.717, 1.165) is 24.0 Å². The molecular formula is C12H17BrN2O. The topological polar surface area (TPSA) is 38.5 Å². The van der Waals surface area contributed by atoms with E-state index in [0.29, 0.717) is 12.5 Å². The summed E-state index contributed by atoms with van der Waals surface area (Å²) in [6, 6.07) is 6.42. The van der Waals surface area contributed by atoms with Crippen LogP contribution < -0.4 is 10.8 Å². The van der Waals surface area contributed by atoms with Gasteiger partial charge in [0.15, 0.2) is 0 Å². The van der Waals surface area contributed by atoms with Gasteiger partial charge in [0.1, 0.15) is 0 Å². The molecule has 1 aromatic rings. The Balaban J connectivity index is 2.08. The summed E-state index contributed by atoms with van der Waals surface area (Å²) in [5.74, 6) is 5.68. The van der Waals surface area contributed by atoms with Gasteiger partial charge in [0, 0.05) is 29.2 Å². The number of nitrogens with two attached hydrogens (primary N) is 1. The van der Waals surface area contributed by atoms with Crippen molar-refractivity contribution in [2.24, 2.45) is 11.8 Å². The zero-order chi connectivity index (χ0) is 11.5. The number of nitrogens with zero attached hydrogens (tertiary/aromatic N) is 1. The van der Waals surface area contributed by atoms with Crippen molar-refractivity contribution in [2.75, 3.05) is 24.6 Å². The van der Waals surface area contributed by atoms with Crippen molar-refractivity contribution in [3.05, 3.63) is 28.2 Å². The monoisotopic (exact) mass is 284 g/mol. The van der Waals surface area contributed by atoms with E-state index in [4.69, 9.17) is 10.7 Å². The van der Waals surface area contributed by atoms with E-state index in [1.807, 2.05) is 0 Å². The molecule has 0 radical (unpaired) electrons. The summed E-state index contributed by atoms with van der Waals surface area (Å²) in [6.07, 6.45) is 1.16. The second-order valence-corrected chi connectivity index (χ2v) is 5.28. The Morgan fingerprint density at radius 2 is 2.38 bits per heavy atom. The van der Waals surface area contributed by atoms with E-state index < -0.39 is 0 Å². The lowest BCUT2D eigenvalue weighted by Crippen LogP contribution is -2.22. The molecule has 1 aliphatic rings. The van der Waals surface area contributed by atoms with Gasteiger partial charge in [-0.05, 0) is 37.1 Å². The number of hydrogen-bond donors (Lipinski definition) is 1. The standard InChI is InChI=1S/C12H17BrN2O/c1-9-6-11(13)2-3-12(9)15-5-4-10(7-15)8-16-14/h2-3,6,10H,4-5,7-8,14H2,1H3. The Labute approximate surface area is 105 Å². The number of anilines is 1. The van der Waals surface area contributed by atoms with Gasteiger partial charge in [-0.1, -0.05) is 15.9 Å². The normalized spacial score (nSPS) is 20.4. The SMILES string of the molecule is Cc1cc(Br)ccc1N1CCC(CON)C1. The van der Waals surface area contributed by atoms with Crippen LogP contribution in [-0.4, -0.2) is 19.7 Å². The van der Waals surface area contributed by atoms with Crippen LogP contribution in [0.15, 0.2) is 22.7 Å². The minimum Gasteiger partial charge on any atom is -0.371 e. The fraction of sp³-hybridized carbons (Fsp3) is 0.500. The minimum absolute atomic E-state index is 0.563. The second kappa shape index (κ2) is 5.17. The fourth-order valence-corrected chi connectivity index (χ4v) is 2.77. The molecule has 1 heterocycles. The first-order valence-corrected chi connectivity index (χ1v) is 6.33.